The minimum absolute atomic E-state index is 0.248. The van der Waals surface area contributed by atoms with Gasteiger partial charge < -0.3 is 20.4 Å². The topological polar surface area (TPSA) is 115 Å². The summed E-state index contributed by atoms with van der Waals surface area (Å²) in [5.74, 6) is -1.89. The number of hydrogen-bond donors (Lipinski definition) is 3. The molecule has 0 atom stereocenters. The van der Waals surface area contributed by atoms with Gasteiger partial charge in [-0.1, -0.05) is 72.8 Å². The van der Waals surface area contributed by atoms with Gasteiger partial charge in [0, 0.05) is 30.9 Å². The predicted molar refractivity (Wildman–Crippen MR) is 191 cm³/mol. The highest BCUT2D eigenvalue weighted by molar-refractivity contribution is 6.13. The molecule has 5 aromatic carbocycles. The highest BCUT2D eigenvalue weighted by Crippen LogP contribution is 2.32. The number of nitrogens with one attached hydrogen (secondary N) is 1. The zero-order chi connectivity index (χ0) is 32.8. The second kappa shape index (κ2) is 13.8. The molecule has 8 heteroatoms. The summed E-state index contributed by atoms with van der Waals surface area (Å²) in [6, 6.07) is 34.7. The van der Waals surface area contributed by atoms with Crippen molar-refractivity contribution < 1.29 is 19.8 Å². The molecule has 0 bridgehead atoms. The number of nitrogens with zero attached hydrogens (tertiary/aromatic N) is 3. The fourth-order valence-electron chi connectivity index (χ4n) is 5.48. The van der Waals surface area contributed by atoms with E-state index in [1.165, 1.54) is 0 Å². The SMILES string of the molecule is CN(c1ccc2ccccc2c1)c1ccc(C2=CCN=C2)cc1C(=O)O.O=C(O)c1cc(C2=CCN=C2)ccc1Nc1ccccc1. The molecular formula is C39H32N4O4. The first-order chi connectivity index (χ1) is 22.9. The van der Waals surface area contributed by atoms with Crippen LogP contribution in [0, 0.1) is 0 Å². The van der Waals surface area contributed by atoms with Crippen molar-refractivity contribution in [3.8, 4) is 0 Å². The van der Waals surface area contributed by atoms with Crippen LogP contribution in [0.3, 0.4) is 0 Å². The second-order valence-corrected chi connectivity index (χ2v) is 11.0. The van der Waals surface area contributed by atoms with Crippen molar-refractivity contribution in [3.63, 3.8) is 0 Å². The van der Waals surface area contributed by atoms with E-state index >= 15 is 0 Å². The number of fused-ring (bicyclic) bond motifs is 1. The fourth-order valence-corrected chi connectivity index (χ4v) is 5.48. The first-order valence-electron chi connectivity index (χ1n) is 15.1. The number of carbonyl (C=O) groups is 2. The van der Waals surface area contributed by atoms with E-state index in [9.17, 15) is 19.8 Å². The van der Waals surface area contributed by atoms with Gasteiger partial charge in [0.15, 0.2) is 0 Å². The first kappa shape index (κ1) is 30.7. The van der Waals surface area contributed by atoms with E-state index in [0.717, 1.165) is 44.4 Å². The van der Waals surface area contributed by atoms with Gasteiger partial charge in [-0.25, -0.2) is 9.59 Å². The monoisotopic (exact) mass is 620 g/mol. The van der Waals surface area contributed by atoms with Crippen LogP contribution in [0.2, 0.25) is 0 Å². The Kier molecular flexibility index (Phi) is 9.02. The maximum atomic E-state index is 11.9. The van der Waals surface area contributed by atoms with Gasteiger partial charge in [-0.05, 0) is 81.6 Å². The van der Waals surface area contributed by atoms with E-state index in [1.807, 2.05) is 90.8 Å². The van der Waals surface area contributed by atoms with Gasteiger partial charge in [-0.15, -0.1) is 0 Å². The minimum Gasteiger partial charge on any atom is -0.478 e. The Morgan fingerprint density at radius 1 is 0.660 bits per heavy atom. The third-order valence-corrected chi connectivity index (χ3v) is 7.97. The van der Waals surface area contributed by atoms with Gasteiger partial charge in [0.05, 0.1) is 35.6 Å². The van der Waals surface area contributed by atoms with Crippen molar-refractivity contribution in [1.29, 1.82) is 0 Å². The Balaban J connectivity index is 0.000000168. The maximum Gasteiger partial charge on any atom is 0.337 e. The standard InChI is InChI=1S/C22H18N2O2.C17H14N2O2/c1-24(19-8-6-15-4-2-3-5-16(15)12-19)21-9-7-17(13-20(21)22(25)26)18-10-11-23-14-18;20-17(21)15-10-12(13-8-9-18-11-13)6-7-16(15)19-14-4-2-1-3-5-14/h2-10,12-14H,11H2,1H3,(H,25,26);1-8,10-11,19H,9H2,(H,20,21). The summed E-state index contributed by atoms with van der Waals surface area (Å²) in [6.07, 6.45) is 7.53. The number of carboxylic acid groups (broad SMARTS) is 2. The molecule has 2 heterocycles. The van der Waals surface area contributed by atoms with Crippen molar-refractivity contribution in [1.82, 2.24) is 0 Å². The zero-order valence-corrected chi connectivity index (χ0v) is 25.7. The van der Waals surface area contributed by atoms with E-state index in [4.69, 9.17) is 0 Å². The number of carboxylic acids is 2. The molecule has 0 saturated carbocycles. The number of aromatic carboxylic acids is 2. The first-order valence-corrected chi connectivity index (χ1v) is 15.1. The molecule has 0 amide bonds. The molecule has 5 aromatic rings. The number of anilines is 4. The molecule has 0 spiro atoms. The number of para-hydroxylation sites is 1. The quantitative estimate of drug-likeness (QED) is 0.161. The van der Waals surface area contributed by atoms with Gasteiger partial charge in [0.2, 0.25) is 0 Å². The molecule has 8 nitrogen and oxygen atoms in total. The largest absolute Gasteiger partial charge is 0.478 e. The molecule has 0 radical (unpaired) electrons. The Hall–Kier alpha value is -6.28. The average Bonchev–Trinajstić information content (AvgIpc) is 3.84. The van der Waals surface area contributed by atoms with Crippen molar-refractivity contribution in [2.75, 3.05) is 30.4 Å². The Morgan fingerprint density at radius 3 is 1.87 bits per heavy atom. The summed E-state index contributed by atoms with van der Waals surface area (Å²) >= 11 is 0. The number of allylic oxidation sites excluding steroid dienone is 2. The molecule has 0 fully saturated rings. The van der Waals surface area contributed by atoms with Crippen molar-refractivity contribution in [2.45, 2.75) is 0 Å². The van der Waals surface area contributed by atoms with Crippen LogP contribution in [-0.4, -0.2) is 54.7 Å². The predicted octanol–water partition coefficient (Wildman–Crippen LogP) is 8.37. The molecular weight excluding hydrogens is 588 g/mol. The second-order valence-electron chi connectivity index (χ2n) is 11.0. The molecule has 3 N–H and O–H groups in total. The third-order valence-electron chi connectivity index (χ3n) is 7.97. The van der Waals surface area contributed by atoms with Crippen molar-refractivity contribution >= 4 is 69.0 Å². The number of rotatable bonds is 8. The lowest BCUT2D eigenvalue weighted by Gasteiger charge is -2.22. The van der Waals surface area contributed by atoms with Crippen LogP contribution in [0.15, 0.2) is 131 Å². The lowest BCUT2D eigenvalue weighted by molar-refractivity contribution is 0.0687. The molecule has 0 unspecified atom stereocenters. The Bertz CT molecular complexity index is 2100. The van der Waals surface area contributed by atoms with E-state index in [-0.39, 0.29) is 11.1 Å². The molecule has 7 rings (SSSR count). The number of aliphatic imine (C=N–C) groups is 2. The van der Waals surface area contributed by atoms with E-state index < -0.39 is 11.9 Å². The highest BCUT2D eigenvalue weighted by Gasteiger charge is 2.18. The van der Waals surface area contributed by atoms with Crippen LogP contribution < -0.4 is 10.2 Å². The van der Waals surface area contributed by atoms with E-state index in [0.29, 0.717) is 24.5 Å². The summed E-state index contributed by atoms with van der Waals surface area (Å²) in [5.41, 5.74) is 7.23. The van der Waals surface area contributed by atoms with Crippen LogP contribution in [0.4, 0.5) is 22.7 Å². The molecule has 2 aliphatic rings. The van der Waals surface area contributed by atoms with Gasteiger partial charge in [-0.3, -0.25) is 9.98 Å². The van der Waals surface area contributed by atoms with E-state index in [1.54, 1.807) is 30.6 Å². The molecule has 2 aliphatic heterocycles. The zero-order valence-electron chi connectivity index (χ0n) is 25.7. The van der Waals surface area contributed by atoms with Crippen LogP contribution in [0.25, 0.3) is 21.9 Å². The fraction of sp³-hybridized carbons (Fsp3) is 0.0769. The van der Waals surface area contributed by atoms with Gasteiger partial charge in [0.1, 0.15) is 0 Å². The average molecular weight is 621 g/mol. The Morgan fingerprint density at radius 2 is 1.26 bits per heavy atom. The number of benzene rings is 5. The molecule has 232 valence electrons. The van der Waals surface area contributed by atoms with E-state index in [2.05, 4.69) is 39.6 Å². The highest BCUT2D eigenvalue weighted by atomic mass is 16.4. The summed E-state index contributed by atoms with van der Waals surface area (Å²) < 4.78 is 0. The van der Waals surface area contributed by atoms with Crippen LogP contribution >= 0.6 is 0 Å². The van der Waals surface area contributed by atoms with Crippen molar-refractivity contribution in [2.24, 2.45) is 9.98 Å². The van der Waals surface area contributed by atoms with Crippen LogP contribution in [0.1, 0.15) is 31.8 Å². The maximum absolute atomic E-state index is 11.9. The number of hydrogen-bond acceptors (Lipinski definition) is 6. The van der Waals surface area contributed by atoms with Gasteiger partial charge in [-0.2, -0.15) is 0 Å². The third kappa shape index (κ3) is 7.02. The summed E-state index contributed by atoms with van der Waals surface area (Å²) in [7, 11) is 1.89. The van der Waals surface area contributed by atoms with Gasteiger partial charge >= 0.3 is 11.9 Å². The Labute approximate surface area is 272 Å². The summed E-state index contributed by atoms with van der Waals surface area (Å²) in [4.78, 5) is 33.6. The summed E-state index contributed by atoms with van der Waals surface area (Å²) in [6.45, 7) is 1.30. The summed E-state index contributed by atoms with van der Waals surface area (Å²) in [5, 5.41) is 24.6. The van der Waals surface area contributed by atoms with Crippen LogP contribution in [-0.2, 0) is 0 Å². The molecule has 0 aliphatic carbocycles. The smallest absolute Gasteiger partial charge is 0.337 e. The molecule has 47 heavy (non-hydrogen) atoms. The minimum atomic E-state index is -0.953. The van der Waals surface area contributed by atoms with Crippen molar-refractivity contribution in [3.05, 3.63) is 144 Å². The molecule has 0 saturated heterocycles. The lowest BCUT2D eigenvalue weighted by Crippen LogP contribution is -2.14. The lowest BCUT2D eigenvalue weighted by atomic mass is 10.0. The van der Waals surface area contributed by atoms with Crippen LogP contribution in [0.5, 0.6) is 0 Å². The molecule has 0 aromatic heterocycles. The van der Waals surface area contributed by atoms with Gasteiger partial charge in [0.25, 0.3) is 0 Å². The normalized spacial score (nSPS) is 13.0.